The number of hydrogen-bond acceptors (Lipinski definition) is 3. The van der Waals surface area contributed by atoms with Gasteiger partial charge in [0.25, 0.3) is 0 Å². The van der Waals surface area contributed by atoms with Gasteiger partial charge < -0.3 is 9.80 Å². The molecule has 0 bridgehead atoms. The van der Waals surface area contributed by atoms with E-state index in [2.05, 4.69) is 22.9 Å². The highest BCUT2D eigenvalue weighted by atomic mass is 16.2. The van der Waals surface area contributed by atoms with E-state index in [9.17, 15) is 4.79 Å². The Labute approximate surface area is 102 Å². The Morgan fingerprint density at radius 3 is 2.65 bits per heavy atom. The Morgan fingerprint density at radius 2 is 2.06 bits per heavy atom. The molecule has 0 spiro atoms. The summed E-state index contributed by atoms with van der Waals surface area (Å²) in [5.41, 5.74) is 1.22. The summed E-state index contributed by atoms with van der Waals surface area (Å²) in [5.74, 6) is 1.27. The van der Waals surface area contributed by atoms with Crippen LogP contribution in [0.4, 0.5) is 5.82 Å². The summed E-state index contributed by atoms with van der Waals surface area (Å²) in [6.07, 6.45) is 2.44. The Hall–Kier alpha value is -1.58. The SMILES string of the molecule is CCC(=O)N1CCN(c2cc(C)ccn2)CC1. The fraction of sp³-hybridized carbons (Fsp3) is 0.538. The van der Waals surface area contributed by atoms with E-state index in [0.29, 0.717) is 6.42 Å². The summed E-state index contributed by atoms with van der Waals surface area (Å²) in [6.45, 7) is 7.35. The lowest BCUT2D eigenvalue weighted by atomic mass is 10.2. The van der Waals surface area contributed by atoms with Crippen molar-refractivity contribution < 1.29 is 4.79 Å². The summed E-state index contributed by atoms with van der Waals surface area (Å²) >= 11 is 0. The molecule has 4 heteroatoms. The lowest BCUT2D eigenvalue weighted by Crippen LogP contribution is -2.48. The topological polar surface area (TPSA) is 36.4 Å². The van der Waals surface area contributed by atoms with Crippen LogP contribution in [0.1, 0.15) is 18.9 Å². The molecule has 0 radical (unpaired) electrons. The molecule has 0 aromatic carbocycles. The number of aryl methyl sites for hydroxylation is 1. The number of anilines is 1. The van der Waals surface area contributed by atoms with Crippen LogP contribution in [0.2, 0.25) is 0 Å². The smallest absolute Gasteiger partial charge is 0.222 e. The Bertz CT molecular complexity index is 397. The molecule has 0 saturated carbocycles. The second-order valence-corrected chi connectivity index (χ2v) is 4.41. The van der Waals surface area contributed by atoms with Gasteiger partial charge in [0.2, 0.25) is 5.91 Å². The molecule has 1 amide bonds. The average molecular weight is 233 g/mol. The predicted molar refractivity (Wildman–Crippen MR) is 68.1 cm³/mol. The van der Waals surface area contributed by atoms with Gasteiger partial charge in [0, 0.05) is 38.8 Å². The molecule has 2 heterocycles. The maximum absolute atomic E-state index is 11.6. The van der Waals surface area contributed by atoms with Crippen molar-refractivity contribution in [2.24, 2.45) is 0 Å². The van der Waals surface area contributed by atoms with Gasteiger partial charge in [-0.1, -0.05) is 6.92 Å². The molecule has 0 aliphatic carbocycles. The van der Waals surface area contributed by atoms with Crippen molar-refractivity contribution >= 4 is 11.7 Å². The van der Waals surface area contributed by atoms with Crippen molar-refractivity contribution in [3.8, 4) is 0 Å². The van der Waals surface area contributed by atoms with Crippen molar-refractivity contribution in [1.82, 2.24) is 9.88 Å². The molecule has 1 aromatic rings. The van der Waals surface area contributed by atoms with Gasteiger partial charge >= 0.3 is 0 Å². The summed E-state index contributed by atoms with van der Waals surface area (Å²) in [4.78, 5) is 20.1. The molecule has 1 saturated heterocycles. The highest BCUT2D eigenvalue weighted by molar-refractivity contribution is 5.76. The number of aromatic nitrogens is 1. The molecule has 0 N–H and O–H groups in total. The zero-order valence-electron chi connectivity index (χ0n) is 10.5. The molecule has 92 valence electrons. The zero-order valence-corrected chi connectivity index (χ0v) is 10.5. The maximum atomic E-state index is 11.6. The van der Waals surface area contributed by atoms with Crippen LogP contribution in [-0.2, 0) is 4.79 Å². The van der Waals surface area contributed by atoms with Crippen LogP contribution < -0.4 is 4.90 Å². The van der Waals surface area contributed by atoms with Gasteiger partial charge in [-0.05, 0) is 24.6 Å². The second-order valence-electron chi connectivity index (χ2n) is 4.41. The highest BCUT2D eigenvalue weighted by Crippen LogP contribution is 2.14. The molecule has 4 nitrogen and oxygen atoms in total. The number of amides is 1. The van der Waals surface area contributed by atoms with Crippen molar-refractivity contribution in [1.29, 1.82) is 0 Å². The first-order chi connectivity index (χ1) is 8.20. The van der Waals surface area contributed by atoms with Gasteiger partial charge in [-0.25, -0.2) is 4.98 Å². The molecule has 0 atom stereocenters. The first-order valence-corrected chi connectivity index (χ1v) is 6.16. The van der Waals surface area contributed by atoms with E-state index < -0.39 is 0 Å². The molecule has 17 heavy (non-hydrogen) atoms. The van der Waals surface area contributed by atoms with Gasteiger partial charge in [-0.15, -0.1) is 0 Å². The van der Waals surface area contributed by atoms with E-state index in [1.165, 1.54) is 5.56 Å². The predicted octanol–water partition coefficient (Wildman–Crippen LogP) is 1.45. The number of rotatable bonds is 2. The van der Waals surface area contributed by atoms with E-state index in [1.54, 1.807) is 0 Å². The Balaban J connectivity index is 1.97. The second kappa shape index (κ2) is 5.17. The molecule has 1 aliphatic heterocycles. The van der Waals surface area contributed by atoms with Crippen molar-refractivity contribution in [2.45, 2.75) is 20.3 Å². The highest BCUT2D eigenvalue weighted by Gasteiger charge is 2.20. The van der Waals surface area contributed by atoms with E-state index in [0.717, 1.165) is 32.0 Å². The minimum Gasteiger partial charge on any atom is -0.353 e. The lowest BCUT2D eigenvalue weighted by Gasteiger charge is -2.35. The molecule has 1 fully saturated rings. The van der Waals surface area contributed by atoms with Crippen LogP contribution in [-0.4, -0.2) is 42.0 Å². The minimum atomic E-state index is 0.252. The minimum absolute atomic E-state index is 0.252. The number of piperazine rings is 1. The molecule has 0 unspecified atom stereocenters. The first-order valence-electron chi connectivity index (χ1n) is 6.16. The van der Waals surface area contributed by atoms with Crippen LogP contribution >= 0.6 is 0 Å². The molecule has 2 rings (SSSR count). The van der Waals surface area contributed by atoms with Gasteiger partial charge in [0.15, 0.2) is 0 Å². The third-order valence-corrected chi connectivity index (χ3v) is 3.16. The Kier molecular flexibility index (Phi) is 3.61. The third kappa shape index (κ3) is 2.75. The summed E-state index contributed by atoms with van der Waals surface area (Å²) < 4.78 is 0. The number of carbonyl (C=O) groups excluding carboxylic acids is 1. The zero-order chi connectivity index (χ0) is 12.3. The molecule has 1 aromatic heterocycles. The van der Waals surface area contributed by atoms with E-state index >= 15 is 0 Å². The van der Waals surface area contributed by atoms with Gasteiger partial charge in [-0.3, -0.25) is 4.79 Å². The van der Waals surface area contributed by atoms with Crippen LogP contribution in [0, 0.1) is 6.92 Å². The van der Waals surface area contributed by atoms with Crippen LogP contribution in [0.15, 0.2) is 18.3 Å². The summed E-state index contributed by atoms with van der Waals surface area (Å²) in [6, 6.07) is 4.09. The third-order valence-electron chi connectivity index (χ3n) is 3.16. The van der Waals surface area contributed by atoms with Gasteiger partial charge in [0.1, 0.15) is 5.82 Å². The van der Waals surface area contributed by atoms with E-state index in [4.69, 9.17) is 0 Å². The maximum Gasteiger partial charge on any atom is 0.222 e. The number of pyridine rings is 1. The van der Waals surface area contributed by atoms with Gasteiger partial charge in [0.05, 0.1) is 0 Å². The van der Waals surface area contributed by atoms with Crippen LogP contribution in [0.5, 0.6) is 0 Å². The monoisotopic (exact) mass is 233 g/mol. The molecule has 1 aliphatic rings. The fourth-order valence-corrected chi connectivity index (χ4v) is 2.10. The normalized spacial score (nSPS) is 16.1. The van der Waals surface area contributed by atoms with Gasteiger partial charge in [-0.2, -0.15) is 0 Å². The summed E-state index contributed by atoms with van der Waals surface area (Å²) in [7, 11) is 0. The van der Waals surface area contributed by atoms with Crippen molar-refractivity contribution in [3.05, 3.63) is 23.9 Å². The lowest BCUT2D eigenvalue weighted by molar-refractivity contribution is -0.131. The van der Waals surface area contributed by atoms with Crippen LogP contribution in [0.25, 0.3) is 0 Å². The number of nitrogens with zero attached hydrogens (tertiary/aromatic N) is 3. The average Bonchev–Trinajstić information content (AvgIpc) is 2.38. The van der Waals surface area contributed by atoms with E-state index in [-0.39, 0.29) is 5.91 Å². The fourth-order valence-electron chi connectivity index (χ4n) is 2.10. The molecular weight excluding hydrogens is 214 g/mol. The quantitative estimate of drug-likeness (QED) is 0.775. The number of carbonyl (C=O) groups is 1. The Morgan fingerprint density at radius 1 is 1.35 bits per heavy atom. The largest absolute Gasteiger partial charge is 0.353 e. The first kappa shape index (κ1) is 11.9. The van der Waals surface area contributed by atoms with Crippen LogP contribution in [0.3, 0.4) is 0 Å². The number of hydrogen-bond donors (Lipinski definition) is 0. The van der Waals surface area contributed by atoms with Crippen molar-refractivity contribution in [2.75, 3.05) is 31.1 Å². The van der Waals surface area contributed by atoms with E-state index in [1.807, 2.05) is 24.1 Å². The standard InChI is InChI=1S/C13H19N3O/c1-3-13(17)16-8-6-15(7-9-16)12-10-11(2)4-5-14-12/h4-5,10H,3,6-9H2,1-2H3. The summed E-state index contributed by atoms with van der Waals surface area (Å²) in [5, 5.41) is 0. The van der Waals surface area contributed by atoms with Crippen molar-refractivity contribution in [3.63, 3.8) is 0 Å². The molecular formula is C13H19N3O.